The van der Waals surface area contributed by atoms with E-state index in [1.807, 2.05) is 17.7 Å². The number of carbonyl (C=O) groups is 1. The van der Waals surface area contributed by atoms with Crippen LogP contribution in [0, 0.1) is 11.3 Å². The van der Waals surface area contributed by atoms with Crippen LogP contribution >= 0.6 is 0 Å². The van der Waals surface area contributed by atoms with Crippen molar-refractivity contribution in [3.63, 3.8) is 0 Å². The molecule has 0 atom stereocenters. The van der Waals surface area contributed by atoms with Gasteiger partial charge in [-0.05, 0) is 31.7 Å². The van der Waals surface area contributed by atoms with Gasteiger partial charge < -0.3 is 24.7 Å². The zero-order valence-corrected chi connectivity index (χ0v) is 23.3. The number of rotatable bonds is 7. The predicted molar refractivity (Wildman–Crippen MR) is 150 cm³/mol. The maximum absolute atomic E-state index is 12.1. The molecule has 5 heterocycles. The maximum atomic E-state index is 12.1. The average molecular weight is 543 g/mol. The van der Waals surface area contributed by atoms with E-state index in [0.717, 1.165) is 50.2 Å². The Balaban J connectivity index is 1.10. The van der Waals surface area contributed by atoms with Crippen LogP contribution < -0.4 is 15.4 Å². The molecular weight excluding hydrogens is 508 g/mol. The Hall–Kier alpha value is -3.99. The van der Waals surface area contributed by atoms with Crippen molar-refractivity contribution in [2.45, 2.75) is 57.9 Å². The lowest BCUT2D eigenvalue weighted by Gasteiger charge is -2.53. The molecule has 7 rings (SSSR count). The molecule has 1 saturated heterocycles. The van der Waals surface area contributed by atoms with Gasteiger partial charge in [-0.15, -0.1) is 0 Å². The lowest BCUT2D eigenvalue weighted by molar-refractivity contribution is -0.176. The maximum Gasteiger partial charge on any atom is 0.228 e. The van der Waals surface area contributed by atoms with Gasteiger partial charge in [-0.1, -0.05) is 20.8 Å². The smallest absolute Gasteiger partial charge is 0.228 e. The summed E-state index contributed by atoms with van der Waals surface area (Å²) in [7, 11) is 1.94. The molecule has 2 saturated carbocycles. The number of nitrogens with one attached hydrogen (secondary N) is 2. The van der Waals surface area contributed by atoms with Crippen molar-refractivity contribution >= 4 is 34.7 Å². The van der Waals surface area contributed by atoms with Gasteiger partial charge in [0.1, 0.15) is 17.3 Å². The highest BCUT2D eigenvalue weighted by atomic mass is 16.5. The number of aromatic nitrogens is 6. The summed E-state index contributed by atoms with van der Waals surface area (Å²) in [6.07, 6.45) is 7.36. The number of anilines is 3. The number of fused-ring (bicyclic) bond motifs is 1. The standard InChI is InChI=1S/C29H34N8O3/c1-28(2,3)22-11-24(35-37(22)18-12-29(13-18)15-39-16-29)33-27-34-25-21(36(27)4)9-20(14-31-25)40-19-7-8-30-23(10-19)32-26(38)17-5-6-17/h7-11,14,17-18H,5-6,12-13,15-16H2,1-4H3,(H,30,32,38)(H,31,33,34,35). The molecule has 3 fully saturated rings. The molecule has 11 nitrogen and oxygen atoms in total. The van der Waals surface area contributed by atoms with E-state index in [1.54, 1.807) is 24.5 Å². The number of nitrogens with zero attached hydrogens (tertiary/aromatic N) is 6. The average Bonchev–Trinajstić information content (AvgIpc) is 3.56. The SMILES string of the molecule is Cn1c(Nc2cc(C(C)(C)C)n(C3CC4(COC4)C3)n2)nc2ncc(Oc3ccnc(NC(=O)C4CC4)c3)cc21. The lowest BCUT2D eigenvalue weighted by Crippen LogP contribution is -2.53. The molecule has 0 bridgehead atoms. The van der Waals surface area contributed by atoms with E-state index in [4.69, 9.17) is 19.6 Å². The Kier molecular flexibility index (Phi) is 5.64. The Morgan fingerprint density at radius 2 is 1.90 bits per heavy atom. The molecule has 208 valence electrons. The first-order valence-corrected chi connectivity index (χ1v) is 13.9. The molecule has 0 unspecified atom stereocenters. The number of hydrogen-bond donors (Lipinski definition) is 2. The molecule has 0 radical (unpaired) electrons. The normalized spacial score (nSPS) is 18.4. The molecule has 2 aliphatic carbocycles. The van der Waals surface area contributed by atoms with Gasteiger partial charge in [-0.25, -0.2) is 9.97 Å². The first-order chi connectivity index (χ1) is 19.2. The molecule has 40 heavy (non-hydrogen) atoms. The number of carbonyl (C=O) groups excluding carboxylic acids is 1. The number of imidazole rings is 1. The number of hydrogen-bond acceptors (Lipinski definition) is 8. The van der Waals surface area contributed by atoms with E-state index in [0.29, 0.717) is 40.4 Å². The summed E-state index contributed by atoms with van der Waals surface area (Å²) in [5, 5.41) is 11.3. The Bertz CT molecular complexity index is 1600. The third-order valence-corrected chi connectivity index (χ3v) is 8.12. The monoisotopic (exact) mass is 542 g/mol. The fourth-order valence-corrected chi connectivity index (χ4v) is 5.62. The number of pyridine rings is 2. The summed E-state index contributed by atoms with van der Waals surface area (Å²) in [6, 6.07) is 7.89. The molecule has 4 aromatic heterocycles. The second-order valence-electron chi connectivity index (χ2n) is 12.5. The summed E-state index contributed by atoms with van der Waals surface area (Å²) in [5.41, 5.74) is 2.95. The van der Waals surface area contributed by atoms with Gasteiger partial charge in [0, 0.05) is 53.9 Å². The molecular formula is C29H34N8O3. The summed E-state index contributed by atoms with van der Waals surface area (Å²) >= 11 is 0. The second-order valence-corrected chi connectivity index (χ2v) is 12.5. The number of aryl methyl sites for hydroxylation is 1. The van der Waals surface area contributed by atoms with E-state index >= 15 is 0 Å². The lowest BCUT2D eigenvalue weighted by atomic mass is 9.64. The summed E-state index contributed by atoms with van der Waals surface area (Å²) in [4.78, 5) is 25.6. The summed E-state index contributed by atoms with van der Waals surface area (Å²) < 4.78 is 15.7. The second kappa shape index (κ2) is 9.02. The van der Waals surface area contributed by atoms with Gasteiger partial charge in [0.15, 0.2) is 11.5 Å². The highest BCUT2D eigenvalue weighted by Gasteiger charge is 2.51. The predicted octanol–water partition coefficient (Wildman–Crippen LogP) is 5.09. The topological polar surface area (TPSA) is 121 Å². The Morgan fingerprint density at radius 1 is 1.10 bits per heavy atom. The van der Waals surface area contributed by atoms with Crippen molar-refractivity contribution in [1.29, 1.82) is 0 Å². The van der Waals surface area contributed by atoms with E-state index < -0.39 is 0 Å². The third-order valence-electron chi connectivity index (χ3n) is 8.12. The van der Waals surface area contributed by atoms with Crippen LogP contribution in [-0.2, 0) is 22.0 Å². The van der Waals surface area contributed by atoms with Gasteiger partial charge in [0.2, 0.25) is 11.9 Å². The molecule has 11 heteroatoms. The fourth-order valence-electron chi connectivity index (χ4n) is 5.62. The first kappa shape index (κ1) is 25.0. The van der Waals surface area contributed by atoms with Crippen molar-refractivity contribution in [3.8, 4) is 11.5 Å². The van der Waals surface area contributed by atoms with Gasteiger partial charge in [-0.2, -0.15) is 10.1 Å². The van der Waals surface area contributed by atoms with Crippen LogP contribution in [0.15, 0.2) is 36.7 Å². The minimum atomic E-state index is -0.0422. The highest BCUT2D eigenvalue weighted by molar-refractivity contribution is 5.93. The van der Waals surface area contributed by atoms with Gasteiger partial charge in [0.05, 0.1) is 31.0 Å². The zero-order chi connectivity index (χ0) is 27.6. The van der Waals surface area contributed by atoms with Gasteiger partial charge >= 0.3 is 0 Å². The van der Waals surface area contributed by atoms with Crippen molar-refractivity contribution in [1.82, 2.24) is 29.3 Å². The quantitative estimate of drug-likeness (QED) is 0.331. The molecule has 1 aliphatic heterocycles. The van der Waals surface area contributed by atoms with Crippen LogP contribution in [0.25, 0.3) is 11.2 Å². The van der Waals surface area contributed by atoms with Crippen LogP contribution in [0.4, 0.5) is 17.6 Å². The summed E-state index contributed by atoms with van der Waals surface area (Å²) in [5.74, 6) is 3.13. The van der Waals surface area contributed by atoms with E-state index in [9.17, 15) is 4.79 Å². The highest BCUT2D eigenvalue weighted by Crippen LogP contribution is 2.53. The Labute approximate surface area is 232 Å². The minimum absolute atomic E-state index is 0.00618. The van der Waals surface area contributed by atoms with Crippen LogP contribution in [0.2, 0.25) is 0 Å². The van der Waals surface area contributed by atoms with E-state index in [-0.39, 0.29) is 17.2 Å². The first-order valence-electron chi connectivity index (χ1n) is 13.9. The van der Waals surface area contributed by atoms with Crippen LogP contribution in [0.1, 0.15) is 58.2 Å². The zero-order valence-electron chi connectivity index (χ0n) is 23.3. The Morgan fingerprint density at radius 3 is 2.60 bits per heavy atom. The van der Waals surface area contributed by atoms with Crippen LogP contribution in [0.3, 0.4) is 0 Å². The molecule has 1 amide bonds. The minimum Gasteiger partial charge on any atom is -0.455 e. The van der Waals surface area contributed by atoms with Crippen molar-refractivity contribution < 1.29 is 14.3 Å². The number of ether oxygens (including phenoxy) is 2. The van der Waals surface area contributed by atoms with Gasteiger partial charge in [-0.3, -0.25) is 9.48 Å². The molecule has 0 aromatic carbocycles. The molecule has 2 N–H and O–H groups in total. The van der Waals surface area contributed by atoms with Crippen molar-refractivity contribution in [2.75, 3.05) is 23.8 Å². The fraction of sp³-hybridized carbons (Fsp3) is 0.483. The molecule has 4 aromatic rings. The van der Waals surface area contributed by atoms with E-state index in [1.165, 1.54) is 5.69 Å². The largest absolute Gasteiger partial charge is 0.455 e. The molecule has 1 spiro atoms. The van der Waals surface area contributed by atoms with Crippen molar-refractivity contribution in [3.05, 3.63) is 42.4 Å². The third kappa shape index (κ3) is 4.57. The van der Waals surface area contributed by atoms with Crippen LogP contribution in [0.5, 0.6) is 11.5 Å². The van der Waals surface area contributed by atoms with Gasteiger partial charge in [0.25, 0.3) is 0 Å². The van der Waals surface area contributed by atoms with Crippen LogP contribution in [-0.4, -0.2) is 48.4 Å². The van der Waals surface area contributed by atoms with E-state index in [2.05, 4.69) is 52.1 Å². The number of amides is 1. The molecule has 3 aliphatic rings. The summed E-state index contributed by atoms with van der Waals surface area (Å²) in [6.45, 7) is 8.41. The van der Waals surface area contributed by atoms with Crippen molar-refractivity contribution in [2.24, 2.45) is 18.4 Å².